The fraction of sp³-hybridized carbons (Fsp3) is 0.214. The molecule has 0 spiro atoms. The number of nitrogens with zero attached hydrogens (tertiary/aromatic N) is 1. The molecule has 0 bridgehead atoms. The summed E-state index contributed by atoms with van der Waals surface area (Å²) in [5.74, 6) is 0.0829. The number of nitrogens with one attached hydrogen (secondary N) is 1. The van der Waals surface area contributed by atoms with E-state index in [0.717, 1.165) is 4.90 Å². The van der Waals surface area contributed by atoms with Crippen LogP contribution in [-0.2, 0) is 0 Å². The molecule has 5 heteroatoms. The van der Waals surface area contributed by atoms with Gasteiger partial charge in [0.25, 0.3) is 0 Å². The zero-order valence-electron chi connectivity index (χ0n) is 10.4. The van der Waals surface area contributed by atoms with Crippen molar-refractivity contribution in [1.82, 2.24) is 10.3 Å². The molecule has 2 nitrogen and oxygen atoms in total. The van der Waals surface area contributed by atoms with E-state index in [1.807, 2.05) is 0 Å². The molecule has 0 aliphatic heterocycles. The predicted octanol–water partition coefficient (Wildman–Crippen LogP) is 3.41. The lowest BCUT2D eigenvalue weighted by atomic mass is 10.1. The van der Waals surface area contributed by atoms with Gasteiger partial charge < -0.3 is 5.32 Å². The molecule has 1 aromatic heterocycles. The lowest BCUT2D eigenvalue weighted by molar-refractivity contribution is 0.560. The van der Waals surface area contributed by atoms with Crippen molar-refractivity contribution in [3.63, 3.8) is 0 Å². The van der Waals surface area contributed by atoms with Crippen LogP contribution in [0, 0.1) is 11.6 Å². The van der Waals surface area contributed by atoms with Gasteiger partial charge in [-0.1, -0.05) is 0 Å². The SMILES string of the molecule is CNC(CSc1ccc(F)cc1)c1ccncc1F. The molecule has 1 heterocycles. The van der Waals surface area contributed by atoms with Gasteiger partial charge in [0.2, 0.25) is 0 Å². The number of hydrogen-bond acceptors (Lipinski definition) is 3. The zero-order valence-corrected chi connectivity index (χ0v) is 11.3. The van der Waals surface area contributed by atoms with Crippen molar-refractivity contribution in [1.29, 1.82) is 0 Å². The largest absolute Gasteiger partial charge is 0.312 e. The molecule has 2 aromatic rings. The maximum Gasteiger partial charge on any atom is 0.146 e. The van der Waals surface area contributed by atoms with Crippen molar-refractivity contribution in [2.24, 2.45) is 0 Å². The smallest absolute Gasteiger partial charge is 0.146 e. The van der Waals surface area contributed by atoms with E-state index in [1.165, 1.54) is 18.3 Å². The van der Waals surface area contributed by atoms with E-state index in [2.05, 4.69) is 10.3 Å². The van der Waals surface area contributed by atoms with Crippen LogP contribution in [0.5, 0.6) is 0 Å². The number of halogens is 2. The highest BCUT2D eigenvalue weighted by molar-refractivity contribution is 7.99. The Morgan fingerprint density at radius 2 is 1.95 bits per heavy atom. The second kappa shape index (κ2) is 6.63. The van der Waals surface area contributed by atoms with Crippen molar-refractivity contribution < 1.29 is 8.78 Å². The maximum absolute atomic E-state index is 13.6. The maximum atomic E-state index is 13.6. The molecule has 0 aliphatic carbocycles. The summed E-state index contributed by atoms with van der Waals surface area (Å²) in [6.07, 6.45) is 2.79. The summed E-state index contributed by atoms with van der Waals surface area (Å²) in [7, 11) is 1.79. The van der Waals surface area contributed by atoms with Gasteiger partial charge in [-0.2, -0.15) is 0 Å². The van der Waals surface area contributed by atoms with E-state index in [4.69, 9.17) is 0 Å². The van der Waals surface area contributed by atoms with Gasteiger partial charge in [-0.25, -0.2) is 8.78 Å². The minimum atomic E-state index is -0.318. The second-order valence-corrected chi connectivity index (χ2v) is 5.10. The quantitative estimate of drug-likeness (QED) is 0.850. The number of hydrogen-bond donors (Lipinski definition) is 1. The van der Waals surface area contributed by atoms with Crippen LogP contribution >= 0.6 is 11.8 Å². The Kier molecular flexibility index (Phi) is 4.87. The topological polar surface area (TPSA) is 24.9 Å². The fourth-order valence-electron chi connectivity index (χ4n) is 1.71. The average molecular weight is 280 g/mol. The third-order valence-corrected chi connectivity index (χ3v) is 3.86. The van der Waals surface area contributed by atoms with Crippen LogP contribution in [0.4, 0.5) is 8.78 Å². The van der Waals surface area contributed by atoms with Crippen LogP contribution in [0.1, 0.15) is 11.6 Å². The van der Waals surface area contributed by atoms with E-state index < -0.39 is 0 Å². The van der Waals surface area contributed by atoms with Crippen molar-refractivity contribution in [2.75, 3.05) is 12.8 Å². The predicted molar refractivity (Wildman–Crippen MR) is 73.1 cm³/mol. The molecule has 0 radical (unpaired) electrons. The first kappa shape index (κ1) is 14.0. The number of thioether (sulfide) groups is 1. The zero-order chi connectivity index (χ0) is 13.7. The van der Waals surface area contributed by atoms with Crippen molar-refractivity contribution in [3.8, 4) is 0 Å². The van der Waals surface area contributed by atoms with Crippen LogP contribution < -0.4 is 5.32 Å². The minimum Gasteiger partial charge on any atom is -0.312 e. The summed E-state index contributed by atoms with van der Waals surface area (Å²) in [4.78, 5) is 4.69. The molecule has 0 saturated carbocycles. The molecular formula is C14H14F2N2S. The first-order chi connectivity index (χ1) is 9.20. The summed E-state index contributed by atoms with van der Waals surface area (Å²) >= 11 is 1.55. The Hall–Kier alpha value is -1.46. The van der Waals surface area contributed by atoms with E-state index >= 15 is 0 Å². The lowest BCUT2D eigenvalue weighted by Gasteiger charge is -2.16. The van der Waals surface area contributed by atoms with E-state index in [0.29, 0.717) is 11.3 Å². The summed E-state index contributed by atoms with van der Waals surface area (Å²) in [5.41, 5.74) is 0.590. The first-order valence-electron chi connectivity index (χ1n) is 5.85. The van der Waals surface area contributed by atoms with Gasteiger partial charge in [-0.05, 0) is 37.4 Å². The molecule has 1 unspecified atom stereocenters. The highest BCUT2D eigenvalue weighted by Crippen LogP contribution is 2.25. The van der Waals surface area contributed by atoms with Gasteiger partial charge >= 0.3 is 0 Å². The Bertz CT molecular complexity index is 531. The number of aromatic nitrogens is 1. The Morgan fingerprint density at radius 1 is 1.21 bits per heavy atom. The monoisotopic (exact) mass is 280 g/mol. The highest BCUT2D eigenvalue weighted by atomic mass is 32.2. The van der Waals surface area contributed by atoms with Gasteiger partial charge in [-0.15, -0.1) is 11.8 Å². The van der Waals surface area contributed by atoms with E-state index in [-0.39, 0.29) is 17.7 Å². The molecule has 1 atom stereocenters. The normalized spacial score (nSPS) is 12.4. The summed E-state index contributed by atoms with van der Waals surface area (Å²) in [6, 6.07) is 7.83. The third-order valence-electron chi connectivity index (χ3n) is 2.76. The van der Waals surface area contributed by atoms with Crippen molar-refractivity contribution >= 4 is 11.8 Å². The van der Waals surface area contributed by atoms with Gasteiger partial charge in [0.05, 0.1) is 6.20 Å². The first-order valence-corrected chi connectivity index (χ1v) is 6.84. The fourth-order valence-corrected chi connectivity index (χ4v) is 2.74. The molecule has 1 N–H and O–H groups in total. The lowest BCUT2D eigenvalue weighted by Crippen LogP contribution is -2.20. The molecule has 2 rings (SSSR count). The van der Waals surface area contributed by atoms with Crippen LogP contribution in [0.3, 0.4) is 0 Å². The second-order valence-electron chi connectivity index (χ2n) is 4.00. The Labute approximate surface area is 115 Å². The molecule has 0 fully saturated rings. The molecule has 100 valence electrons. The van der Waals surface area contributed by atoms with Crippen LogP contribution in [-0.4, -0.2) is 17.8 Å². The van der Waals surface area contributed by atoms with Gasteiger partial charge in [-0.3, -0.25) is 4.98 Å². The molecule has 0 amide bonds. The standard InChI is InChI=1S/C14H14F2N2S/c1-17-14(12-6-7-18-8-13(12)16)9-19-11-4-2-10(15)3-5-11/h2-8,14,17H,9H2,1H3. The van der Waals surface area contributed by atoms with Crippen molar-refractivity contribution in [2.45, 2.75) is 10.9 Å². The molecule has 0 saturated heterocycles. The average Bonchev–Trinajstić information content (AvgIpc) is 2.43. The van der Waals surface area contributed by atoms with Crippen molar-refractivity contribution in [3.05, 3.63) is 59.9 Å². The molecule has 1 aromatic carbocycles. The van der Waals surface area contributed by atoms with Gasteiger partial charge in [0.1, 0.15) is 11.6 Å². The van der Waals surface area contributed by atoms with E-state index in [9.17, 15) is 8.78 Å². The summed E-state index contributed by atoms with van der Waals surface area (Å²) in [6.45, 7) is 0. The van der Waals surface area contributed by atoms with Crippen LogP contribution in [0.25, 0.3) is 0 Å². The summed E-state index contributed by atoms with van der Waals surface area (Å²) < 4.78 is 26.4. The third kappa shape index (κ3) is 3.75. The number of benzene rings is 1. The minimum absolute atomic E-state index is 0.113. The van der Waals surface area contributed by atoms with E-state index in [1.54, 1.807) is 43.2 Å². The molecule has 0 aliphatic rings. The number of pyridine rings is 1. The Balaban J connectivity index is 2.04. The molecular weight excluding hydrogens is 266 g/mol. The van der Waals surface area contributed by atoms with Crippen LogP contribution in [0.15, 0.2) is 47.6 Å². The molecule has 19 heavy (non-hydrogen) atoms. The van der Waals surface area contributed by atoms with Gasteiger partial charge in [0, 0.05) is 28.5 Å². The van der Waals surface area contributed by atoms with Crippen LogP contribution in [0.2, 0.25) is 0 Å². The van der Waals surface area contributed by atoms with Gasteiger partial charge in [0.15, 0.2) is 0 Å². The summed E-state index contributed by atoms with van der Waals surface area (Å²) in [5, 5.41) is 3.08. The Morgan fingerprint density at radius 3 is 2.58 bits per heavy atom. The highest BCUT2D eigenvalue weighted by Gasteiger charge is 2.14. The number of rotatable bonds is 5.